The number of hydrogen-bond donors (Lipinski definition) is 2. The number of carbonyl (C=O) groups is 2. The van der Waals surface area contributed by atoms with Gasteiger partial charge in [-0.3, -0.25) is 9.59 Å². The normalized spacial score (nSPS) is 15.5. The Morgan fingerprint density at radius 1 is 1.12 bits per heavy atom. The zero-order chi connectivity index (χ0) is 24.1. The molecule has 180 valence electrons. The van der Waals surface area contributed by atoms with Crippen LogP contribution in [-0.4, -0.2) is 33.2 Å². The molecule has 1 aliphatic rings. The Kier molecular flexibility index (Phi) is 7.40. The second-order valence-corrected chi connectivity index (χ2v) is 8.85. The number of nitrogens with one attached hydrogen (secondary N) is 2. The molecule has 3 heterocycles. The summed E-state index contributed by atoms with van der Waals surface area (Å²) in [4.78, 5) is 30.8. The van der Waals surface area contributed by atoms with E-state index in [1.807, 2.05) is 26.8 Å². The molecule has 9 heteroatoms. The standard InChI is InChI=1S/C25H31N5O4/c1-4-20-19(14-33-30-20)24(31)28-23(17-9-7-5-6-8-10-17)25(32)27-21-12-11-18(13-26-21)22-15(2)29-34-16(22)3/h11-14,17,23H,4-10H2,1-3H3,(H,28,31)(H,26,27,32)/t23-/m0/s1. The summed E-state index contributed by atoms with van der Waals surface area (Å²) >= 11 is 0. The largest absolute Gasteiger partial charge is 0.364 e. The summed E-state index contributed by atoms with van der Waals surface area (Å²) in [6, 6.07) is 2.95. The summed E-state index contributed by atoms with van der Waals surface area (Å²) in [5.74, 6) is 0.578. The molecule has 1 atom stereocenters. The number of hydrogen-bond acceptors (Lipinski definition) is 7. The van der Waals surface area contributed by atoms with E-state index in [9.17, 15) is 9.59 Å². The van der Waals surface area contributed by atoms with Crippen molar-refractivity contribution >= 4 is 17.6 Å². The highest BCUT2D eigenvalue weighted by Gasteiger charge is 2.32. The molecule has 0 aliphatic heterocycles. The van der Waals surface area contributed by atoms with Gasteiger partial charge < -0.3 is 19.7 Å². The Bertz CT molecular complexity index is 1110. The maximum absolute atomic E-state index is 13.4. The van der Waals surface area contributed by atoms with Gasteiger partial charge in [-0.15, -0.1) is 0 Å². The Morgan fingerprint density at radius 3 is 2.50 bits per heavy atom. The molecule has 2 amide bonds. The van der Waals surface area contributed by atoms with Crippen LogP contribution in [0.4, 0.5) is 5.82 Å². The highest BCUT2D eigenvalue weighted by molar-refractivity contribution is 6.01. The third-order valence-electron chi connectivity index (χ3n) is 6.50. The fourth-order valence-electron chi connectivity index (χ4n) is 4.67. The Hall–Kier alpha value is -3.49. The van der Waals surface area contributed by atoms with Crippen molar-refractivity contribution in [3.05, 3.63) is 47.3 Å². The van der Waals surface area contributed by atoms with Gasteiger partial charge >= 0.3 is 0 Å². The predicted octanol–water partition coefficient (Wildman–Crippen LogP) is 4.61. The molecule has 0 unspecified atom stereocenters. The van der Waals surface area contributed by atoms with Gasteiger partial charge in [0.25, 0.3) is 5.91 Å². The SMILES string of the molecule is CCc1nocc1C(=O)N[C@H](C(=O)Nc1ccc(-c2c(C)noc2C)cn1)C1CCCCCC1. The highest BCUT2D eigenvalue weighted by Crippen LogP contribution is 2.28. The van der Waals surface area contributed by atoms with Crippen LogP contribution < -0.4 is 10.6 Å². The first-order chi connectivity index (χ1) is 16.5. The Labute approximate surface area is 198 Å². The molecule has 1 fully saturated rings. The van der Waals surface area contributed by atoms with Crippen molar-refractivity contribution in [2.24, 2.45) is 5.92 Å². The molecule has 1 aliphatic carbocycles. The van der Waals surface area contributed by atoms with Crippen LogP contribution in [0.5, 0.6) is 0 Å². The average Bonchev–Trinajstić information content (AvgIpc) is 3.34. The smallest absolute Gasteiger partial charge is 0.257 e. The van der Waals surface area contributed by atoms with Gasteiger partial charge in [-0.1, -0.05) is 42.9 Å². The van der Waals surface area contributed by atoms with Gasteiger partial charge in [0.05, 0.1) is 11.4 Å². The molecule has 0 radical (unpaired) electrons. The number of rotatable bonds is 7. The van der Waals surface area contributed by atoms with Crippen LogP contribution in [0.2, 0.25) is 0 Å². The molecule has 0 bridgehead atoms. The first-order valence-electron chi connectivity index (χ1n) is 11.9. The lowest BCUT2D eigenvalue weighted by Gasteiger charge is -2.26. The van der Waals surface area contributed by atoms with E-state index in [1.165, 1.54) is 6.26 Å². The maximum Gasteiger partial charge on any atom is 0.257 e. The van der Waals surface area contributed by atoms with Gasteiger partial charge in [0.1, 0.15) is 29.4 Å². The molecule has 3 aromatic heterocycles. The lowest BCUT2D eigenvalue weighted by atomic mass is 9.90. The summed E-state index contributed by atoms with van der Waals surface area (Å²) in [5, 5.41) is 13.7. The van der Waals surface area contributed by atoms with Crippen molar-refractivity contribution in [2.75, 3.05) is 5.32 Å². The monoisotopic (exact) mass is 465 g/mol. The van der Waals surface area contributed by atoms with Crippen LogP contribution in [0.25, 0.3) is 11.1 Å². The van der Waals surface area contributed by atoms with Gasteiger partial charge in [-0.05, 0) is 51.2 Å². The molecule has 0 saturated heterocycles. The van der Waals surface area contributed by atoms with Crippen molar-refractivity contribution in [3.63, 3.8) is 0 Å². The van der Waals surface area contributed by atoms with E-state index in [0.29, 0.717) is 29.3 Å². The summed E-state index contributed by atoms with van der Waals surface area (Å²) in [7, 11) is 0. The fourth-order valence-corrected chi connectivity index (χ4v) is 4.67. The molecule has 2 N–H and O–H groups in total. The minimum atomic E-state index is -0.672. The number of amides is 2. The molecule has 9 nitrogen and oxygen atoms in total. The Morgan fingerprint density at radius 2 is 1.88 bits per heavy atom. The van der Waals surface area contributed by atoms with Crippen LogP contribution in [-0.2, 0) is 11.2 Å². The third-order valence-corrected chi connectivity index (χ3v) is 6.50. The van der Waals surface area contributed by atoms with Crippen LogP contribution in [0.3, 0.4) is 0 Å². The minimum Gasteiger partial charge on any atom is -0.364 e. The van der Waals surface area contributed by atoms with Crippen molar-refractivity contribution in [1.29, 1.82) is 0 Å². The average molecular weight is 466 g/mol. The van der Waals surface area contributed by atoms with Crippen molar-refractivity contribution in [3.8, 4) is 11.1 Å². The first kappa shape index (κ1) is 23.7. The zero-order valence-electron chi connectivity index (χ0n) is 19.9. The Balaban J connectivity index is 1.52. The number of anilines is 1. The summed E-state index contributed by atoms with van der Waals surface area (Å²) < 4.78 is 10.2. The van der Waals surface area contributed by atoms with Crippen molar-refractivity contribution < 1.29 is 18.6 Å². The van der Waals surface area contributed by atoms with Crippen LogP contribution in [0, 0.1) is 19.8 Å². The lowest BCUT2D eigenvalue weighted by Crippen LogP contribution is -2.48. The van der Waals surface area contributed by atoms with E-state index in [2.05, 4.69) is 25.9 Å². The second-order valence-electron chi connectivity index (χ2n) is 8.85. The molecule has 3 aromatic rings. The van der Waals surface area contributed by atoms with E-state index in [-0.39, 0.29) is 17.7 Å². The topological polar surface area (TPSA) is 123 Å². The summed E-state index contributed by atoms with van der Waals surface area (Å²) in [6.07, 6.45) is 9.76. The van der Waals surface area contributed by atoms with Crippen LogP contribution in [0.15, 0.2) is 33.6 Å². The maximum atomic E-state index is 13.4. The zero-order valence-corrected chi connectivity index (χ0v) is 19.9. The molecule has 0 aromatic carbocycles. The minimum absolute atomic E-state index is 0.0537. The van der Waals surface area contributed by atoms with Crippen LogP contribution in [0.1, 0.15) is 73.0 Å². The van der Waals surface area contributed by atoms with Gasteiger partial charge in [-0.2, -0.15) is 0 Å². The first-order valence-corrected chi connectivity index (χ1v) is 11.9. The van der Waals surface area contributed by atoms with Gasteiger partial charge in [0.15, 0.2) is 0 Å². The number of nitrogens with zero attached hydrogens (tertiary/aromatic N) is 3. The second kappa shape index (κ2) is 10.6. The number of carbonyl (C=O) groups excluding carboxylic acids is 2. The number of pyridine rings is 1. The van der Waals surface area contributed by atoms with E-state index in [0.717, 1.165) is 55.3 Å². The van der Waals surface area contributed by atoms with Crippen molar-refractivity contribution in [1.82, 2.24) is 20.6 Å². The van der Waals surface area contributed by atoms with E-state index in [1.54, 1.807) is 12.3 Å². The molecular weight excluding hydrogens is 434 g/mol. The quantitative estimate of drug-likeness (QED) is 0.488. The third kappa shape index (κ3) is 5.18. The number of aryl methyl sites for hydroxylation is 3. The van der Waals surface area contributed by atoms with Gasteiger partial charge in [0.2, 0.25) is 5.91 Å². The molecule has 34 heavy (non-hydrogen) atoms. The van der Waals surface area contributed by atoms with Gasteiger partial charge in [-0.25, -0.2) is 4.98 Å². The van der Waals surface area contributed by atoms with E-state index in [4.69, 9.17) is 9.05 Å². The fraction of sp³-hybridized carbons (Fsp3) is 0.480. The molecule has 4 rings (SSSR count). The molecular formula is C25H31N5O4. The summed E-state index contributed by atoms with van der Waals surface area (Å²) in [6.45, 7) is 5.63. The highest BCUT2D eigenvalue weighted by atomic mass is 16.5. The van der Waals surface area contributed by atoms with Crippen LogP contribution >= 0.6 is 0 Å². The summed E-state index contributed by atoms with van der Waals surface area (Å²) in [5.41, 5.74) is 3.49. The number of aromatic nitrogens is 3. The predicted molar refractivity (Wildman–Crippen MR) is 126 cm³/mol. The van der Waals surface area contributed by atoms with E-state index < -0.39 is 6.04 Å². The molecule has 1 saturated carbocycles. The lowest BCUT2D eigenvalue weighted by molar-refractivity contribution is -0.119. The molecule has 0 spiro atoms. The van der Waals surface area contributed by atoms with Crippen molar-refractivity contribution in [2.45, 2.75) is 71.8 Å². The van der Waals surface area contributed by atoms with E-state index >= 15 is 0 Å². The van der Waals surface area contributed by atoms with Gasteiger partial charge in [0, 0.05) is 17.3 Å².